The number of methoxy groups -OCH3 is 1. The van der Waals surface area contributed by atoms with Crippen LogP contribution < -0.4 is 10.6 Å². The van der Waals surface area contributed by atoms with Gasteiger partial charge in [0.2, 0.25) is 0 Å². The predicted octanol–water partition coefficient (Wildman–Crippen LogP) is 1.55. The Morgan fingerprint density at radius 1 is 1.16 bits per heavy atom. The molecule has 0 aromatic carbocycles. The lowest BCUT2D eigenvalue weighted by molar-refractivity contribution is 0.0759. The molecule has 108 valence electrons. The molecule has 0 aliphatic heterocycles. The first-order valence-electron chi connectivity index (χ1n) is 6.65. The first-order valence-corrected chi connectivity index (χ1v) is 6.65. The largest absolute Gasteiger partial charge is 0.382 e. The van der Waals surface area contributed by atoms with Crippen molar-refractivity contribution in [1.29, 1.82) is 0 Å². The molecule has 1 aromatic heterocycles. The highest BCUT2D eigenvalue weighted by molar-refractivity contribution is 5.57. The monoisotopic (exact) mass is 268 g/mol. The number of rotatable bonds is 10. The third kappa shape index (κ3) is 5.40. The summed E-state index contributed by atoms with van der Waals surface area (Å²) in [6.07, 6.45) is 3.57. The molecule has 0 fully saturated rings. The summed E-state index contributed by atoms with van der Waals surface area (Å²) in [4.78, 5) is 8.53. The Labute approximate surface area is 114 Å². The van der Waals surface area contributed by atoms with Gasteiger partial charge in [-0.05, 0) is 6.42 Å². The summed E-state index contributed by atoms with van der Waals surface area (Å²) in [7, 11) is 3.54. The summed E-state index contributed by atoms with van der Waals surface area (Å²) in [6.45, 7) is 4.74. The molecule has 0 saturated heterocycles. The van der Waals surface area contributed by atoms with Gasteiger partial charge in [-0.3, -0.25) is 0 Å². The summed E-state index contributed by atoms with van der Waals surface area (Å²) < 4.78 is 10.3. The summed E-state index contributed by atoms with van der Waals surface area (Å²) >= 11 is 0. The van der Waals surface area contributed by atoms with E-state index >= 15 is 0 Å². The molecule has 1 heterocycles. The molecule has 0 radical (unpaired) electrons. The lowest BCUT2D eigenvalue weighted by Gasteiger charge is -2.13. The van der Waals surface area contributed by atoms with Gasteiger partial charge in [-0.2, -0.15) is 0 Å². The van der Waals surface area contributed by atoms with E-state index in [9.17, 15) is 0 Å². The fourth-order valence-corrected chi connectivity index (χ4v) is 1.75. The number of nitrogens with zero attached hydrogens (tertiary/aromatic N) is 2. The van der Waals surface area contributed by atoms with Crippen LogP contribution in [0.25, 0.3) is 0 Å². The van der Waals surface area contributed by atoms with Crippen LogP contribution in [0.4, 0.5) is 11.6 Å². The Morgan fingerprint density at radius 3 is 2.63 bits per heavy atom. The van der Waals surface area contributed by atoms with E-state index in [-0.39, 0.29) is 0 Å². The second-order valence-electron chi connectivity index (χ2n) is 4.08. The van der Waals surface area contributed by atoms with E-state index in [4.69, 9.17) is 9.47 Å². The second-order valence-corrected chi connectivity index (χ2v) is 4.08. The van der Waals surface area contributed by atoms with Crippen LogP contribution in [-0.2, 0) is 15.9 Å². The summed E-state index contributed by atoms with van der Waals surface area (Å²) in [5, 5.41) is 6.39. The lowest BCUT2D eigenvalue weighted by atomic mass is 10.1. The van der Waals surface area contributed by atoms with Gasteiger partial charge in [0.25, 0.3) is 0 Å². The molecule has 6 heteroatoms. The summed E-state index contributed by atoms with van der Waals surface area (Å²) in [5.74, 6) is 1.77. The van der Waals surface area contributed by atoms with Gasteiger partial charge >= 0.3 is 0 Å². The maximum Gasteiger partial charge on any atom is 0.134 e. The van der Waals surface area contributed by atoms with E-state index in [1.807, 2.05) is 7.05 Å². The molecule has 0 amide bonds. The van der Waals surface area contributed by atoms with Gasteiger partial charge in [0.05, 0.1) is 19.8 Å². The number of hydrogen-bond acceptors (Lipinski definition) is 6. The molecule has 0 spiro atoms. The molecule has 0 aliphatic carbocycles. The Hall–Kier alpha value is -1.40. The molecule has 1 aromatic rings. The van der Waals surface area contributed by atoms with E-state index in [1.165, 1.54) is 0 Å². The van der Waals surface area contributed by atoms with Gasteiger partial charge in [0.15, 0.2) is 0 Å². The Balaban J connectivity index is 2.47. The molecule has 0 unspecified atom stereocenters. The van der Waals surface area contributed by atoms with Crippen molar-refractivity contribution in [2.45, 2.75) is 19.8 Å². The summed E-state index contributed by atoms with van der Waals surface area (Å²) in [5.41, 5.74) is 1.13. The van der Waals surface area contributed by atoms with Crippen LogP contribution >= 0.6 is 0 Å². The molecule has 19 heavy (non-hydrogen) atoms. The van der Waals surface area contributed by atoms with Crippen molar-refractivity contribution in [1.82, 2.24) is 9.97 Å². The SMILES string of the molecule is CCCc1c(NC)ncnc1NCCOCCOC. The maximum absolute atomic E-state index is 5.41. The van der Waals surface area contributed by atoms with E-state index in [0.717, 1.165) is 36.6 Å². The molecular weight excluding hydrogens is 244 g/mol. The summed E-state index contributed by atoms with van der Waals surface area (Å²) in [6, 6.07) is 0. The molecule has 1 rings (SSSR count). The van der Waals surface area contributed by atoms with Crippen LogP contribution in [0.5, 0.6) is 0 Å². The highest BCUT2D eigenvalue weighted by atomic mass is 16.5. The van der Waals surface area contributed by atoms with Crippen LogP contribution in [0.3, 0.4) is 0 Å². The number of nitrogens with one attached hydrogen (secondary N) is 2. The molecule has 0 aliphatic rings. The topological polar surface area (TPSA) is 68.3 Å². The first-order chi connectivity index (χ1) is 9.33. The highest BCUT2D eigenvalue weighted by Gasteiger charge is 2.08. The fourth-order valence-electron chi connectivity index (χ4n) is 1.75. The maximum atomic E-state index is 5.41. The van der Waals surface area contributed by atoms with Gasteiger partial charge in [0, 0.05) is 26.3 Å². The van der Waals surface area contributed by atoms with Gasteiger partial charge in [0.1, 0.15) is 18.0 Å². The van der Waals surface area contributed by atoms with Gasteiger partial charge in [-0.25, -0.2) is 9.97 Å². The number of ether oxygens (including phenoxy) is 2. The molecule has 0 atom stereocenters. The fraction of sp³-hybridized carbons (Fsp3) is 0.692. The van der Waals surface area contributed by atoms with Crippen LogP contribution in [-0.4, -0.2) is 50.5 Å². The Morgan fingerprint density at radius 2 is 1.95 bits per heavy atom. The zero-order valence-electron chi connectivity index (χ0n) is 12.0. The van der Waals surface area contributed by atoms with E-state index in [2.05, 4.69) is 27.5 Å². The van der Waals surface area contributed by atoms with E-state index in [0.29, 0.717) is 19.8 Å². The van der Waals surface area contributed by atoms with Gasteiger partial charge in [-0.15, -0.1) is 0 Å². The van der Waals surface area contributed by atoms with E-state index < -0.39 is 0 Å². The lowest BCUT2D eigenvalue weighted by Crippen LogP contribution is -2.15. The highest BCUT2D eigenvalue weighted by Crippen LogP contribution is 2.20. The van der Waals surface area contributed by atoms with Crippen LogP contribution in [0, 0.1) is 0 Å². The van der Waals surface area contributed by atoms with Gasteiger partial charge in [-0.1, -0.05) is 13.3 Å². The van der Waals surface area contributed by atoms with Crippen molar-refractivity contribution in [3.05, 3.63) is 11.9 Å². The predicted molar refractivity (Wildman–Crippen MR) is 76.8 cm³/mol. The van der Waals surface area contributed by atoms with Crippen molar-refractivity contribution in [3.63, 3.8) is 0 Å². The minimum absolute atomic E-state index is 0.617. The number of anilines is 2. The van der Waals surface area contributed by atoms with Crippen molar-refractivity contribution in [2.24, 2.45) is 0 Å². The van der Waals surface area contributed by atoms with Crippen molar-refractivity contribution >= 4 is 11.6 Å². The second kappa shape index (κ2) is 9.52. The quantitative estimate of drug-likeness (QED) is 0.627. The third-order valence-corrected chi connectivity index (χ3v) is 2.65. The molecule has 2 N–H and O–H groups in total. The minimum Gasteiger partial charge on any atom is -0.382 e. The standard InChI is InChI=1S/C13H24N4O2/c1-4-5-11-12(14-2)16-10-17-13(11)15-6-7-19-9-8-18-3/h10H,4-9H2,1-3H3,(H2,14,15,16,17). The Kier molecular flexibility index (Phi) is 7.84. The zero-order chi connectivity index (χ0) is 13.9. The third-order valence-electron chi connectivity index (χ3n) is 2.65. The average Bonchev–Trinajstić information content (AvgIpc) is 2.44. The van der Waals surface area contributed by atoms with Crippen LogP contribution in [0.1, 0.15) is 18.9 Å². The van der Waals surface area contributed by atoms with Crippen molar-refractivity contribution < 1.29 is 9.47 Å². The van der Waals surface area contributed by atoms with Gasteiger partial charge < -0.3 is 20.1 Å². The normalized spacial score (nSPS) is 10.5. The minimum atomic E-state index is 0.617. The van der Waals surface area contributed by atoms with Crippen molar-refractivity contribution in [3.8, 4) is 0 Å². The first kappa shape index (κ1) is 15.7. The average molecular weight is 268 g/mol. The van der Waals surface area contributed by atoms with Crippen LogP contribution in [0.2, 0.25) is 0 Å². The number of hydrogen-bond donors (Lipinski definition) is 2. The number of aromatic nitrogens is 2. The van der Waals surface area contributed by atoms with Crippen LogP contribution in [0.15, 0.2) is 6.33 Å². The molecule has 6 nitrogen and oxygen atoms in total. The molecular formula is C13H24N4O2. The molecule has 0 saturated carbocycles. The smallest absolute Gasteiger partial charge is 0.134 e. The Bertz CT molecular complexity index is 360. The zero-order valence-corrected chi connectivity index (χ0v) is 12.0. The van der Waals surface area contributed by atoms with E-state index in [1.54, 1.807) is 13.4 Å². The molecule has 0 bridgehead atoms. The van der Waals surface area contributed by atoms with Crippen molar-refractivity contribution in [2.75, 3.05) is 51.2 Å².